The molecule has 138 valence electrons. The summed E-state index contributed by atoms with van der Waals surface area (Å²) >= 11 is 1.81. The molecule has 2 heterocycles. The third kappa shape index (κ3) is 3.92. The van der Waals surface area contributed by atoms with Gasteiger partial charge in [0.25, 0.3) is 5.91 Å². The lowest BCUT2D eigenvalue weighted by Crippen LogP contribution is -2.86. The van der Waals surface area contributed by atoms with Crippen molar-refractivity contribution in [2.45, 2.75) is 38.6 Å². The Hall–Kier alpha value is -1.91. The van der Waals surface area contributed by atoms with Crippen LogP contribution in [-0.2, 0) is 16.6 Å². The van der Waals surface area contributed by atoms with Crippen LogP contribution in [0.1, 0.15) is 48.4 Å². The van der Waals surface area contributed by atoms with Crippen molar-refractivity contribution in [3.8, 4) is 0 Å². The average molecular weight is 370 g/mol. The number of fused-ring (bicyclic) bond motifs is 1. The lowest BCUT2D eigenvalue weighted by atomic mass is 9.85. The van der Waals surface area contributed by atoms with Crippen LogP contribution in [0, 0.1) is 0 Å². The van der Waals surface area contributed by atoms with Crippen molar-refractivity contribution < 1.29 is 10.1 Å². The predicted octanol–water partition coefficient (Wildman–Crippen LogP) is 3.27. The number of hydrogen-bond acceptors (Lipinski definition) is 2. The Morgan fingerprint density at radius 3 is 2.69 bits per heavy atom. The number of rotatable bonds is 5. The molecule has 1 aromatic carbocycles. The highest BCUT2D eigenvalue weighted by Gasteiger charge is 2.33. The molecule has 1 atom stereocenters. The smallest absolute Gasteiger partial charge is 0.278 e. The SMILES string of the molecule is C=CC[NH2+]CC(=O)N1CCc2sccc2[C@H]1c1ccc(C(C)(C)C)cc1. The van der Waals surface area contributed by atoms with Gasteiger partial charge in [0.05, 0.1) is 12.6 Å². The number of nitrogens with zero attached hydrogens (tertiary/aromatic N) is 1. The van der Waals surface area contributed by atoms with E-state index in [-0.39, 0.29) is 17.4 Å². The number of amides is 1. The first-order valence-corrected chi connectivity index (χ1v) is 10.2. The molecule has 3 rings (SSSR count). The van der Waals surface area contributed by atoms with E-state index in [0.29, 0.717) is 6.54 Å². The lowest BCUT2D eigenvalue weighted by Gasteiger charge is -2.36. The summed E-state index contributed by atoms with van der Waals surface area (Å²) < 4.78 is 0. The number of benzene rings is 1. The van der Waals surface area contributed by atoms with E-state index in [1.54, 1.807) is 0 Å². The van der Waals surface area contributed by atoms with Crippen molar-refractivity contribution in [3.05, 3.63) is 69.9 Å². The van der Waals surface area contributed by atoms with Gasteiger partial charge in [-0.3, -0.25) is 4.79 Å². The van der Waals surface area contributed by atoms with E-state index < -0.39 is 0 Å². The molecule has 1 aliphatic heterocycles. The summed E-state index contributed by atoms with van der Waals surface area (Å²) in [5, 5.41) is 4.16. The summed E-state index contributed by atoms with van der Waals surface area (Å²) in [7, 11) is 0. The molecule has 0 bridgehead atoms. The van der Waals surface area contributed by atoms with Crippen LogP contribution in [-0.4, -0.2) is 30.4 Å². The topological polar surface area (TPSA) is 36.9 Å². The molecule has 1 aromatic heterocycles. The van der Waals surface area contributed by atoms with Crippen LogP contribution in [0.25, 0.3) is 0 Å². The van der Waals surface area contributed by atoms with Crippen LogP contribution in [0.4, 0.5) is 0 Å². The maximum Gasteiger partial charge on any atom is 0.278 e. The normalized spacial score (nSPS) is 17.0. The Labute approximate surface area is 160 Å². The van der Waals surface area contributed by atoms with Gasteiger partial charge in [-0.15, -0.1) is 11.3 Å². The van der Waals surface area contributed by atoms with Gasteiger partial charge in [-0.1, -0.05) is 51.6 Å². The highest BCUT2D eigenvalue weighted by molar-refractivity contribution is 7.10. The van der Waals surface area contributed by atoms with E-state index in [1.165, 1.54) is 21.6 Å². The average Bonchev–Trinajstić information content (AvgIpc) is 3.09. The van der Waals surface area contributed by atoms with Gasteiger partial charge in [-0.05, 0) is 46.0 Å². The minimum atomic E-state index is 0.0312. The van der Waals surface area contributed by atoms with Gasteiger partial charge in [-0.25, -0.2) is 0 Å². The molecule has 4 heteroatoms. The van der Waals surface area contributed by atoms with Gasteiger partial charge >= 0.3 is 0 Å². The Balaban J connectivity index is 1.91. The van der Waals surface area contributed by atoms with Crippen molar-refractivity contribution in [1.82, 2.24) is 4.90 Å². The zero-order valence-electron chi connectivity index (χ0n) is 16.0. The molecule has 2 aromatic rings. The maximum atomic E-state index is 12.9. The Kier molecular flexibility index (Phi) is 5.64. The lowest BCUT2D eigenvalue weighted by molar-refractivity contribution is -0.635. The fourth-order valence-electron chi connectivity index (χ4n) is 3.55. The summed E-state index contributed by atoms with van der Waals surface area (Å²) in [5.41, 5.74) is 3.95. The maximum absolute atomic E-state index is 12.9. The first-order valence-electron chi connectivity index (χ1n) is 9.30. The third-order valence-electron chi connectivity index (χ3n) is 5.03. The van der Waals surface area contributed by atoms with Crippen LogP contribution in [0.3, 0.4) is 0 Å². The van der Waals surface area contributed by atoms with Crippen molar-refractivity contribution in [2.24, 2.45) is 0 Å². The van der Waals surface area contributed by atoms with Gasteiger partial charge in [0.1, 0.15) is 0 Å². The molecular weight excluding hydrogens is 340 g/mol. The van der Waals surface area contributed by atoms with Gasteiger partial charge in [0.15, 0.2) is 6.54 Å². The van der Waals surface area contributed by atoms with Crippen LogP contribution in [0.2, 0.25) is 0 Å². The highest BCUT2D eigenvalue weighted by atomic mass is 32.1. The van der Waals surface area contributed by atoms with Crippen LogP contribution in [0.5, 0.6) is 0 Å². The van der Waals surface area contributed by atoms with Crippen molar-refractivity contribution in [3.63, 3.8) is 0 Å². The summed E-state index contributed by atoms with van der Waals surface area (Å²) in [6.07, 6.45) is 2.79. The van der Waals surface area contributed by atoms with Crippen molar-refractivity contribution in [2.75, 3.05) is 19.6 Å². The second kappa shape index (κ2) is 7.77. The largest absolute Gasteiger partial charge is 0.335 e. The first-order chi connectivity index (χ1) is 12.4. The molecule has 1 amide bonds. The minimum Gasteiger partial charge on any atom is -0.335 e. The Morgan fingerprint density at radius 1 is 1.31 bits per heavy atom. The molecule has 26 heavy (non-hydrogen) atoms. The first kappa shape index (κ1) is 18.9. The van der Waals surface area contributed by atoms with Crippen molar-refractivity contribution in [1.29, 1.82) is 0 Å². The fraction of sp³-hybridized carbons (Fsp3) is 0.409. The monoisotopic (exact) mass is 369 g/mol. The van der Waals surface area contributed by atoms with E-state index in [0.717, 1.165) is 19.5 Å². The summed E-state index contributed by atoms with van der Waals surface area (Å²) in [5.74, 6) is 0.202. The van der Waals surface area contributed by atoms with E-state index in [1.807, 2.05) is 22.7 Å². The number of quaternary nitrogens is 1. The number of carbonyl (C=O) groups is 1. The molecule has 0 saturated carbocycles. The molecule has 3 nitrogen and oxygen atoms in total. The summed E-state index contributed by atoms with van der Waals surface area (Å²) in [6.45, 7) is 12.4. The molecular formula is C22H29N2OS+. The van der Waals surface area contributed by atoms with E-state index >= 15 is 0 Å². The minimum absolute atomic E-state index is 0.0312. The van der Waals surface area contributed by atoms with E-state index in [4.69, 9.17) is 0 Å². The van der Waals surface area contributed by atoms with Gasteiger partial charge < -0.3 is 10.2 Å². The quantitative estimate of drug-likeness (QED) is 0.637. The molecule has 0 radical (unpaired) electrons. The molecule has 0 aliphatic carbocycles. The van der Waals surface area contributed by atoms with Crippen LogP contribution >= 0.6 is 11.3 Å². The van der Waals surface area contributed by atoms with Gasteiger partial charge in [-0.2, -0.15) is 0 Å². The Bertz CT molecular complexity index is 770. The molecule has 0 unspecified atom stereocenters. The van der Waals surface area contributed by atoms with Gasteiger partial charge in [0.2, 0.25) is 0 Å². The zero-order valence-corrected chi connectivity index (χ0v) is 16.8. The van der Waals surface area contributed by atoms with Gasteiger partial charge in [0, 0.05) is 11.4 Å². The second-order valence-electron chi connectivity index (χ2n) is 7.93. The number of nitrogens with two attached hydrogens (primary N) is 1. The number of hydrogen-bond donors (Lipinski definition) is 1. The van der Waals surface area contributed by atoms with Crippen molar-refractivity contribution >= 4 is 17.2 Å². The molecule has 1 aliphatic rings. The highest BCUT2D eigenvalue weighted by Crippen LogP contribution is 2.38. The molecule has 0 fully saturated rings. The second-order valence-corrected chi connectivity index (χ2v) is 8.93. The third-order valence-corrected chi connectivity index (χ3v) is 6.03. The summed E-state index contributed by atoms with van der Waals surface area (Å²) in [4.78, 5) is 16.3. The zero-order chi connectivity index (χ0) is 18.7. The predicted molar refractivity (Wildman–Crippen MR) is 109 cm³/mol. The molecule has 0 saturated heterocycles. The van der Waals surface area contributed by atoms with E-state index in [2.05, 4.69) is 68.0 Å². The number of thiophene rings is 1. The van der Waals surface area contributed by atoms with Crippen LogP contribution < -0.4 is 5.32 Å². The standard InChI is InChI=1S/C22H28N2OS/c1-5-12-23-15-20(25)24-13-10-19-18(11-14-26-19)21(24)16-6-8-17(9-7-16)22(2,3)4/h5-9,11,14,21,23H,1,10,12-13,15H2,2-4H3/p+1/t21-/m1/s1. The molecule has 0 spiro atoms. The molecule has 2 N–H and O–H groups in total. The number of carbonyl (C=O) groups excluding carboxylic acids is 1. The fourth-order valence-corrected chi connectivity index (χ4v) is 4.46. The summed E-state index contributed by atoms with van der Waals surface area (Å²) in [6, 6.07) is 11.0. The van der Waals surface area contributed by atoms with Crippen LogP contribution in [0.15, 0.2) is 48.4 Å². The Morgan fingerprint density at radius 2 is 2.04 bits per heavy atom. The van der Waals surface area contributed by atoms with E-state index in [9.17, 15) is 4.79 Å².